The van der Waals surface area contributed by atoms with Crippen LogP contribution in [-0.4, -0.2) is 70.4 Å². The fraction of sp³-hybridized carbons (Fsp3) is 0.533. The van der Waals surface area contributed by atoms with Gasteiger partial charge in [-0.3, -0.25) is 4.79 Å². The first-order valence-corrected chi connectivity index (χ1v) is 17.3. The summed E-state index contributed by atoms with van der Waals surface area (Å²) in [7, 11) is -7.57. The van der Waals surface area contributed by atoms with Crippen LogP contribution in [0.4, 0.5) is 0 Å². The number of hydrogen-bond donors (Lipinski definition) is 1. The Bertz CT molecular complexity index is 1490. The molecule has 1 saturated heterocycles. The SMILES string of the molecule is CC(C)c1cc(C(C)C)c(S(=O)(=O)NC(Cc2cccc(C#N)c2)C(=O)N2CCN(S(C)(=O)=O)CC2)c(C(C)C)c1. The third-order valence-corrected chi connectivity index (χ3v) is 10.4. The number of carbonyl (C=O) groups is 1. The van der Waals surface area contributed by atoms with Crippen LogP contribution in [0.2, 0.25) is 0 Å². The van der Waals surface area contributed by atoms with Crippen molar-refractivity contribution < 1.29 is 21.6 Å². The zero-order valence-electron chi connectivity index (χ0n) is 25.0. The van der Waals surface area contributed by atoms with E-state index in [1.807, 2.05) is 39.8 Å². The van der Waals surface area contributed by atoms with E-state index in [1.54, 1.807) is 24.3 Å². The summed E-state index contributed by atoms with van der Waals surface area (Å²) in [5, 5.41) is 9.37. The van der Waals surface area contributed by atoms with Crippen LogP contribution in [0.3, 0.4) is 0 Å². The van der Waals surface area contributed by atoms with Crippen molar-refractivity contribution in [2.75, 3.05) is 32.4 Å². The van der Waals surface area contributed by atoms with Gasteiger partial charge in [0.05, 0.1) is 22.8 Å². The van der Waals surface area contributed by atoms with Crippen molar-refractivity contribution in [2.24, 2.45) is 0 Å². The lowest BCUT2D eigenvalue weighted by Gasteiger charge is -2.35. The molecule has 1 aliphatic rings. The molecule has 0 saturated carbocycles. The topological polar surface area (TPSA) is 128 Å². The molecule has 0 radical (unpaired) electrons. The highest BCUT2D eigenvalue weighted by Crippen LogP contribution is 2.35. The van der Waals surface area contributed by atoms with Crippen molar-refractivity contribution in [1.29, 1.82) is 5.26 Å². The Morgan fingerprint density at radius 3 is 1.93 bits per heavy atom. The van der Waals surface area contributed by atoms with Gasteiger partial charge in [-0.25, -0.2) is 16.8 Å². The molecular formula is C30H42N4O5S2. The van der Waals surface area contributed by atoms with Crippen molar-refractivity contribution in [2.45, 2.75) is 76.7 Å². The molecule has 2 aromatic carbocycles. The Kier molecular flexibility index (Phi) is 10.4. The molecule has 11 heteroatoms. The summed E-state index contributed by atoms with van der Waals surface area (Å²) in [5.41, 5.74) is 3.51. The van der Waals surface area contributed by atoms with E-state index < -0.39 is 32.0 Å². The van der Waals surface area contributed by atoms with Gasteiger partial charge in [0, 0.05) is 26.2 Å². The van der Waals surface area contributed by atoms with Gasteiger partial charge >= 0.3 is 0 Å². The number of nitrogens with zero attached hydrogens (tertiary/aromatic N) is 3. The first-order valence-electron chi connectivity index (χ1n) is 14.0. The van der Waals surface area contributed by atoms with E-state index in [4.69, 9.17) is 0 Å². The third kappa shape index (κ3) is 7.95. The molecule has 9 nitrogen and oxygen atoms in total. The van der Waals surface area contributed by atoms with Gasteiger partial charge in [0.1, 0.15) is 6.04 Å². The van der Waals surface area contributed by atoms with Gasteiger partial charge in [0.2, 0.25) is 26.0 Å². The molecule has 41 heavy (non-hydrogen) atoms. The molecule has 1 atom stereocenters. The molecule has 1 unspecified atom stereocenters. The number of benzene rings is 2. The van der Waals surface area contributed by atoms with Crippen molar-refractivity contribution in [1.82, 2.24) is 13.9 Å². The molecule has 1 amide bonds. The maximum Gasteiger partial charge on any atom is 0.241 e. The average molecular weight is 603 g/mol. The summed E-state index contributed by atoms with van der Waals surface area (Å²) in [6.45, 7) is 12.6. The number of amides is 1. The largest absolute Gasteiger partial charge is 0.339 e. The highest BCUT2D eigenvalue weighted by atomic mass is 32.2. The highest BCUT2D eigenvalue weighted by molar-refractivity contribution is 7.89. The van der Waals surface area contributed by atoms with Gasteiger partial charge in [0.25, 0.3) is 0 Å². The average Bonchev–Trinajstić information content (AvgIpc) is 2.90. The van der Waals surface area contributed by atoms with Crippen LogP contribution in [0.1, 0.15) is 87.1 Å². The smallest absolute Gasteiger partial charge is 0.241 e. The predicted molar refractivity (Wildman–Crippen MR) is 161 cm³/mol. The molecule has 0 spiro atoms. The number of carbonyl (C=O) groups excluding carboxylic acids is 1. The second-order valence-electron chi connectivity index (χ2n) is 11.7. The van der Waals surface area contributed by atoms with E-state index in [0.717, 1.165) is 11.8 Å². The van der Waals surface area contributed by atoms with Crippen molar-refractivity contribution in [3.05, 3.63) is 64.2 Å². The van der Waals surface area contributed by atoms with E-state index >= 15 is 0 Å². The predicted octanol–water partition coefficient (Wildman–Crippen LogP) is 3.92. The Labute approximate surface area is 245 Å². The van der Waals surface area contributed by atoms with E-state index in [9.17, 15) is 26.9 Å². The summed E-state index contributed by atoms with van der Waals surface area (Å²) >= 11 is 0. The zero-order valence-corrected chi connectivity index (χ0v) is 26.6. The maximum absolute atomic E-state index is 14.2. The molecule has 1 fully saturated rings. The van der Waals surface area contributed by atoms with Crippen LogP contribution in [-0.2, 0) is 31.3 Å². The maximum atomic E-state index is 14.2. The molecular weight excluding hydrogens is 560 g/mol. The standard InChI is InChI=1S/C30H42N4O5S2/c1-20(2)25-17-26(21(3)4)29(27(18-25)22(5)6)41(38,39)32-28(16-23-9-8-10-24(15-23)19-31)30(35)33-11-13-34(14-12-33)40(7,36)37/h8-10,15,17-18,20-22,28,32H,11-14,16H2,1-7H3. The Hall–Kier alpha value is -2.78. The second kappa shape index (κ2) is 13.0. The van der Waals surface area contributed by atoms with E-state index in [1.165, 1.54) is 9.21 Å². The van der Waals surface area contributed by atoms with Gasteiger partial charge in [-0.05, 0) is 58.6 Å². The van der Waals surface area contributed by atoms with Gasteiger partial charge < -0.3 is 4.90 Å². The third-order valence-electron chi connectivity index (χ3n) is 7.46. The van der Waals surface area contributed by atoms with Crippen molar-refractivity contribution in [3.8, 4) is 6.07 Å². The summed E-state index contributed by atoms with van der Waals surface area (Å²) < 4.78 is 56.5. The molecule has 0 aliphatic carbocycles. The quantitative estimate of drug-likeness (QED) is 0.439. The minimum atomic E-state index is -4.18. The number of hydrogen-bond acceptors (Lipinski definition) is 6. The molecule has 1 aliphatic heterocycles. The van der Waals surface area contributed by atoms with E-state index in [-0.39, 0.29) is 55.2 Å². The summed E-state index contributed by atoms with van der Waals surface area (Å²) in [6.07, 6.45) is 1.17. The lowest BCUT2D eigenvalue weighted by molar-refractivity contribution is -0.134. The van der Waals surface area contributed by atoms with Crippen LogP contribution in [0.15, 0.2) is 41.3 Å². The van der Waals surface area contributed by atoms with Gasteiger partial charge in [-0.2, -0.15) is 14.3 Å². The minimum Gasteiger partial charge on any atom is -0.339 e. The molecule has 1 N–H and O–H groups in total. The van der Waals surface area contributed by atoms with E-state index in [2.05, 4.69) is 24.6 Å². The van der Waals surface area contributed by atoms with Crippen molar-refractivity contribution >= 4 is 26.0 Å². The van der Waals surface area contributed by atoms with Crippen LogP contribution in [0.5, 0.6) is 0 Å². The molecule has 3 rings (SSSR count). The number of nitrogens with one attached hydrogen (secondary N) is 1. The zero-order chi connectivity index (χ0) is 30.7. The Balaban J connectivity index is 2.07. The molecule has 0 bridgehead atoms. The van der Waals surface area contributed by atoms with Gasteiger partial charge in [0.15, 0.2) is 0 Å². The monoisotopic (exact) mass is 602 g/mol. The Morgan fingerprint density at radius 1 is 0.902 bits per heavy atom. The highest BCUT2D eigenvalue weighted by Gasteiger charge is 2.35. The molecule has 1 heterocycles. The van der Waals surface area contributed by atoms with E-state index in [0.29, 0.717) is 22.3 Å². The summed E-state index contributed by atoms with van der Waals surface area (Å²) in [4.78, 5) is 15.6. The molecule has 2 aromatic rings. The van der Waals surface area contributed by atoms with Crippen LogP contribution >= 0.6 is 0 Å². The number of piperazine rings is 1. The summed E-state index contributed by atoms with van der Waals surface area (Å²) in [6, 6.07) is 11.6. The minimum absolute atomic E-state index is 0.0397. The first kappa shape index (κ1) is 32.7. The molecule has 0 aromatic heterocycles. The van der Waals surface area contributed by atoms with Gasteiger partial charge in [-0.15, -0.1) is 0 Å². The van der Waals surface area contributed by atoms with Gasteiger partial charge in [-0.1, -0.05) is 65.8 Å². The lowest BCUT2D eigenvalue weighted by Crippen LogP contribution is -2.56. The van der Waals surface area contributed by atoms with Crippen molar-refractivity contribution in [3.63, 3.8) is 0 Å². The van der Waals surface area contributed by atoms with Crippen LogP contribution < -0.4 is 4.72 Å². The lowest BCUT2D eigenvalue weighted by atomic mass is 9.89. The normalized spacial score (nSPS) is 15.9. The number of sulfonamides is 2. The second-order valence-corrected chi connectivity index (χ2v) is 15.3. The molecule has 224 valence electrons. The first-order chi connectivity index (χ1) is 19.0. The van der Waals surface area contributed by atoms with Crippen LogP contribution in [0.25, 0.3) is 0 Å². The fourth-order valence-corrected chi connectivity index (χ4v) is 7.80. The summed E-state index contributed by atoms with van der Waals surface area (Å²) in [5.74, 6) is -0.381. The Morgan fingerprint density at radius 2 is 1.46 bits per heavy atom. The fourth-order valence-electron chi connectivity index (χ4n) is 5.09. The van der Waals surface area contributed by atoms with Crippen LogP contribution in [0, 0.1) is 11.3 Å². The number of rotatable bonds is 10. The number of nitriles is 1.